The number of amides is 1. The minimum Gasteiger partial charge on any atom is -0.490 e. The maximum atomic E-state index is 12.1. The van der Waals surface area contributed by atoms with Gasteiger partial charge >= 0.3 is 0 Å². The van der Waals surface area contributed by atoms with Crippen LogP contribution >= 0.6 is 11.6 Å². The van der Waals surface area contributed by atoms with Crippen LogP contribution in [0.5, 0.6) is 11.5 Å². The van der Waals surface area contributed by atoms with Crippen LogP contribution in [0.3, 0.4) is 0 Å². The summed E-state index contributed by atoms with van der Waals surface area (Å²) in [4.78, 5) is 12.1. The summed E-state index contributed by atoms with van der Waals surface area (Å²) in [6.45, 7) is 8.77. The summed E-state index contributed by atoms with van der Waals surface area (Å²) in [5, 5.41) is 4.46. The smallest absolute Gasteiger partial charge is 0.244 e. The van der Waals surface area contributed by atoms with Crippen molar-refractivity contribution in [1.29, 1.82) is 0 Å². The molecule has 6 heteroatoms. The van der Waals surface area contributed by atoms with Crippen molar-refractivity contribution in [3.8, 4) is 11.5 Å². The van der Waals surface area contributed by atoms with Crippen LogP contribution in [0.4, 0.5) is 0 Å². The van der Waals surface area contributed by atoms with E-state index in [-0.39, 0.29) is 12.3 Å². The van der Waals surface area contributed by atoms with Gasteiger partial charge in [-0.25, -0.2) is 5.43 Å². The summed E-state index contributed by atoms with van der Waals surface area (Å²) in [7, 11) is 0. The average Bonchev–Trinajstić information content (AvgIpc) is 2.61. The van der Waals surface area contributed by atoms with Crippen molar-refractivity contribution < 1.29 is 14.3 Å². The molecule has 2 rings (SSSR count). The highest BCUT2D eigenvalue weighted by atomic mass is 35.5. The van der Waals surface area contributed by atoms with E-state index in [0.29, 0.717) is 35.3 Å². The number of nitrogens with one attached hydrogen (secondary N) is 1. The first-order valence-corrected chi connectivity index (χ1v) is 9.29. The molecule has 144 valence electrons. The fourth-order valence-electron chi connectivity index (χ4n) is 2.65. The first kappa shape index (κ1) is 20.8. The van der Waals surface area contributed by atoms with Gasteiger partial charge in [0.15, 0.2) is 11.5 Å². The zero-order chi connectivity index (χ0) is 19.8. The Balaban J connectivity index is 2.05. The van der Waals surface area contributed by atoms with E-state index in [4.69, 9.17) is 21.1 Å². The van der Waals surface area contributed by atoms with Gasteiger partial charge in [0.2, 0.25) is 5.91 Å². The second-order valence-electron chi connectivity index (χ2n) is 6.10. The lowest BCUT2D eigenvalue weighted by atomic mass is 10.0. The molecule has 2 aromatic rings. The Hall–Kier alpha value is -2.53. The van der Waals surface area contributed by atoms with Gasteiger partial charge in [0.25, 0.3) is 0 Å². The first-order valence-electron chi connectivity index (χ1n) is 8.91. The van der Waals surface area contributed by atoms with Crippen molar-refractivity contribution in [2.45, 2.75) is 34.1 Å². The van der Waals surface area contributed by atoms with Gasteiger partial charge in [0.1, 0.15) is 0 Å². The molecular formula is C21H25ClN2O3. The Labute approximate surface area is 165 Å². The summed E-state index contributed by atoms with van der Waals surface area (Å²) in [6, 6.07) is 9.52. The van der Waals surface area contributed by atoms with Gasteiger partial charge in [0, 0.05) is 0 Å². The van der Waals surface area contributed by atoms with Gasteiger partial charge in [-0.05, 0) is 56.5 Å². The van der Waals surface area contributed by atoms with Gasteiger partial charge in [-0.15, -0.1) is 0 Å². The molecule has 0 heterocycles. The zero-order valence-corrected chi connectivity index (χ0v) is 16.9. The van der Waals surface area contributed by atoms with Crippen LogP contribution in [0.2, 0.25) is 5.02 Å². The van der Waals surface area contributed by atoms with Crippen LogP contribution in [-0.2, 0) is 11.2 Å². The standard InChI is InChI=1S/C21H25ClN2O3/c1-5-26-19-11-16(10-18(22)21(19)27-6-2)13-23-24-20(25)12-17-8-7-14(3)9-15(17)4/h7-11,13H,5-6,12H2,1-4H3,(H,24,25)/b23-13-. The molecule has 0 aliphatic heterocycles. The van der Waals surface area contributed by atoms with Crippen LogP contribution in [-0.4, -0.2) is 25.3 Å². The second-order valence-corrected chi connectivity index (χ2v) is 6.50. The fourth-order valence-corrected chi connectivity index (χ4v) is 2.92. The number of hydrogen-bond acceptors (Lipinski definition) is 4. The topological polar surface area (TPSA) is 59.9 Å². The summed E-state index contributed by atoms with van der Waals surface area (Å²) < 4.78 is 11.1. The van der Waals surface area contributed by atoms with Gasteiger partial charge in [-0.1, -0.05) is 35.4 Å². The van der Waals surface area contributed by atoms with Gasteiger partial charge in [0.05, 0.1) is 30.9 Å². The Bertz CT molecular complexity index is 834. The number of halogens is 1. The van der Waals surface area contributed by atoms with Crippen LogP contribution in [0.15, 0.2) is 35.4 Å². The quantitative estimate of drug-likeness (QED) is 0.537. The molecule has 0 saturated carbocycles. The van der Waals surface area contributed by atoms with Crippen LogP contribution in [0, 0.1) is 13.8 Å². The van der Waals surface area contributed by atoms with Crippen molar-refractivity contribution in [3.05, 3.63) is 57.6 Å². The number of benzene rings is 2. The lowest BCUT2D eigenvalue weighted by Crippen LogP contribution is -2.20. The van der Waals surface area contributed by atoms with Gasteiger partial charge < -0.3 is 9.47 Å². The average molecular weight is 389 g/mol. The van der Waals surface area contributed by atoms with Gasteiger partial charge in [-0.2, -0.15) is 5.10 Å². The molecule has 0 aliphatic rings. The molecule has 0 unspecified atom stereocenters. The number of nitrogens with zero attached hydrogens (tertiary/aromatic N) is 1. The second kappa shape index (κ2) is 9.97. The summed E-state index contributed by atoms with van der Waals surface area (Å²) in [5.41, 5.74) is 6.50. The maximum Gasteiger partial charge on any atom is 0.244 e. The van der Waals surface area contributed by atoms with Crippen molar-refractivity contribution in [2.75, 3.05) is 13.2 Å². The predicted molar refractivity (Wildman–Crippen MR) is 109 cm³/mol. The molecule has 0 saturated heterocycles. The molecule has 5 nitrogen and oxygen atoms in total. The first-order chi connectivity index (χ1) is 12.9. The van der Waals surface area contributed by atoms with Crippen molar-refractivity contribution in [3.63, 3.8) is 0 Å². The fraction of sp³-hybridized carbons (Fsp3) is 0.333. The summed E-state index contributed by atoms with van der Waals surface area (Å²) in [6.07, 6.45) is 1.81. The highest BCUT2D eigenvalue weighted by molar-refractivity contribution is 6.32. The van der Waals surface area contributed by atoms with E-state index in [0.717, 1.165) is 11.1 Å². The Morgan fingerprint density at radius 1 is 1.15 bits per heavy atom. The molecule has 27 heavy (non-hydrogen) atoms. The normalized spacial score (nSPS) is 10.9. The molecule has 0 spiro atoms. The van der Waals surface area contributed by atoms with Crippen molar-refractivity contribution in [1.82, 2.24) is 5.43 Å². The summed E-state index contributed by atoms with van der Waals surface area (Å²) >= 11 is 6.27. The summed E-state index contributed by atoms with van der Waals surface area (Å²) in [5.74, 6) is 0.882. The monoisotopic (exact) mass is 388 g/mol. The third-order valence-corrected chi connectivity index (χ3v) is 4.15. The van der Waals surface area contributed by atoms with E-state index >= 15 is 0 Å². The zero-order valence-electron chi connectivity index (χ0n) is 16.1. The maximum absolute atomic E-state index is 12.1. The lowest BCUT2D eigenvalue weighted by molar-refractivity contribution is -0.120. The largest absolute Gasteiger partial charge is 0.490 e. The van der Waals surface area contributed by atoms with Crippen molar-refractivity contribution in [2.24, 2.45) is 5.10 Å². The minimum absolute atomic E-state index is 0.180. The molecule has 0 bridgehead atoms. The van der Waals surface area contributed by atoms with Crippen molar-refractivity contribution >= 4 is 23.7 Å². The molecular weight excluding hydrogens is 364 g/mol. The van der Waals surface area contributed by atoms with E-state index in [1.165, 1.54) is 11.8 Å². The number of rotatable bonds is 8. The third kappa shape index (κ3) is 6.00. The van der Waals surface area contributed by atoms with Gasteiger partial charge in [-0.3, -0.25) is 4.79 Å². The van der Waals surface area contributed by atoms with Crippen LogP contribution in [0.1, 0.15) is 36.1 Å². The van der Waals surface area contributed by atoms with E-state index < -0.39 is 0 Å². The highest BCUT2D eigenvalue weighted by Crippen LogP contribution is 2.36. The van der Waals surface area contributed by atoms with E-state index in [9.17, 15) is 4.79 Å². The number of aryl methyl sites for hydroxylation is 2. The van der Waals surface area contributed by atoms with E-state index in [1.54, 1.807) is 12.1 Å². The number of carbonyl (C=O) groups excluding carboxylic acids is 1. The number of hydrogen-bond donors (Lipinski definition) is 1. The molecule has 0 aromatic heterocycles. The number of hydrazone groups is 1. The minimum atomic E-state index is -0.180. The van der Waals surface area contributed by atoms with E-state index in [1.807, 2.05) is 39.8 Å². The molecule has 1 amide bonds. The molecule has 0 fully saturated rings. The molecule has 1 N–H and O–H groups in total. The lowest BCUT2D eigenvalue weighted by Gasteiger charge is -2.13. The highest BCUT2D eigenvalue weighted by Gasteiger charge is 2.11. The van der Waals surface area contributed by atoms with Crippen LogP contribution < -0.4 is 14.9 Å². The SMILES string of the molecule is CCOc1cc(/C=N\NC(=O)Cc2ccc(C)cc2C)cc(Cl)c1OCC. The van der Waals surface area contributed by atoms with Crippen LogP contribution in [0.25, 0.3) is 0 Å². The predicted octanol–water partition coefficient (Wildman–Crippen LogP) is 4.45. The Morgan fingerprint density at radius 3 is 2.56 bits per heavy atom. The Kier molecular flexibility index (Phi) is 7.67. The molecule has 2 aromatic carbocycles. The Morgan fingerprint density at radius 2 is 1.89 bits per heavy atom. The van der Waals surface area contributed by atoms with E-state index in [2.05, 4.69) is 16.6 Å². The molecule has 0 atom stereocenters. The molecule has 0 aliphatic carbocycles. The number of carbonyl (C=O) groups is 1. The third-order valence-electron chi connectivity index (χ3n) is 3.87. The molecule has 0 radical (unpaired) electrons. The number of ether oxygens (including phenoxy) is 2.